The van der Waals surface area contributed by atoms with Crippen molar-refractivity contribution in [1.82, 2.24) is 15.5 Å². The molecule has 0 bridgehead atoms. The molecule has 2 amide bonds. The first kappa shape index (κ1) is 17.1. The number of nitrogens with zero attached hydrogens (tertiary/aromatic N) is 1. The van der Waals surface area contributed by atoms with Gasteiger partial charge >= 0.3 is 0 Å². The molecular weight excluding hydrogens is 321 g/mol. The normalized spacial score (nSPS) is 17.2. The van der Waals surface area contributed by atoms with Gasteiger partial charge in [-0.15, -0.1) is 0 Å². The van der Waals surface area contributed by atoms with E-state index in [2.05, 4.69) is 10.6 Å². The monoisotopic (exact) mass is 341 g/mol. The molecule has 5 nitrogen and oxygen atoms in total. The zero-order valence-corrected chi connectivity index (χ0v) is 14.0. The molecule has 2 aromatic carbocycles. The van der Waals surface area contributed by atoms with Crippen molar-refractivity contribution in [2.24, 2.45) is 0 Å². The smallest absolute Gasteiger partial charge is 0.254 e. The average Bonchev–Trinajstić information content (AvgIpc) is 2.67. The van der Waals surface area contributed by atoms with Crippen molar-refractivity contribution in [2.45, 2.75) is 6.04 Å². The van der Waals surface area contributed by atoms with E-state index in [1.807, 2.05) is 6.07 Å². The molecule has 3 rings (SSSR count). The highest BCUT2D eigenvalue weighted by Crippen LogP contribution is 2.25. The largest absolute Gasteiger partial charge is 0.355 e. The molecule has 1 aliphatic rings. The van der Waals surface area contributed by atoms with Crippen LogP contribution in [0.25, 0.3) is 0 Å². The lowest BCUT2D eigenvalue weighted by molar-refractivity contribution is 0.0634. The molecule has 0 spiro atoms. The standard InChI is InChI=1S/C19H20FN3O2/c1-21-18(24)14-5-2-6-15(10-14)19(25)23-9-8-22-12-17(23)13-4-3-7-16(20)11-13/h2-7,10-11,17,22H,8-9,12H2,1H3,(H,21,24). The second-order valence-corrected chi connectivity index (χ2v) is 5.93. The summed E-state index contributed by atoms with van der Waals surface area (Å²) in [5, 5.41) is 5.80. The Labute approximate surface area is 145 Å². The van der Waals surface area contributed by atoms with E-state index in [1.54, 1.807) is 42.3 Å². The molecule has 2 N–H and O–H groups in total. The van der Waals surface area contributed by atoms with Crippen LogP contribution in [0.3, 0.4) is 0 Å². The molecule has 130 valence electrons. The van der Waals surface area contributed by atoms with Gasteiger partial charge in [-0.3, -0.25) is 9.59 Å². The Morgan fingerprint density at radius 3 is 2.68 bits per heavy atom. The van der Waals surface area contributed by atoms with Crippen molar-refractivity contribution >= 4 is 11.8 Å². The zero-order valence-electron chi connectivity index (χ0n) is 14.0. The maximum Gasteiger partial charge on any atom is 0.254 e. The summed E-state index contributed by atoms with van der Waals surface area (Å²) in [6, 6.07) is 12.7. The molecule has 0 aliphatic carbocycles. The number of halogens is 1. The second-order valence-electron chi connectivity index (χ2n) is 5.93. The van der Waals surface area contributed by atoms with Gasteiger partial charge in [-0.25, -0.2) is 4.39 Å². The highest BCUT2D eigenvalue weighted by molar-refractivity contribution is 5.99. The van der Waals surface area contributed by atoms with Crippen LogP contribution in [-0.4, -0.2) is 43.4 Å². The number of carbonyl (C=O) groups excluding carboxylic acids is 2. The van der Waals surface area contributed by atoms with E-state index in [-0.39, 0.29) is 23.7 Å². The SMILES string of the molecule is CNC(=O)c1cccc(C(=O)N2CCNCC2c2cccc(F)c2)c1. The van der Waals surface area contributed by atoms with Gasteiger partial charge in [0.2, 0.25) is 0 Å². The summed E-state index contributed by atoms with van der Waals surface area (Å²) in [6.45, 7) is 1.75. The molecule has 0 radical (unpaired) electrons. The summed E-state index contributed by atoms with van der Waals surface area (Å²) in [4.78, 5) is 26.5. The molecule has 25 heavy (non-hydrogen) atoms. The van der Waals surface area contributed by atoms with E-state index in [0.29, 0.717) is 30.8 Å². The van der Waals surface area contributed by atoms with Crippen LogP contribution < -0.4 is 10.6 Å². The third kappa shape index (κ3) is 3.69. The van der Waals surface area contributed by atoms with Crippen LogP contribution in [0, 0.1) is 5.82 Å². The van der Waals surface area contributed by atoms with Crippen molar-refractivity contribution in [3.8, 4) is 0 Å². The maximum absolute atomic E-state index is 13.6. The third-order valence-electron chi connectivity index (χ3n) is 4.34. The quantitative estimate of drug-likeness (QED) is 0.897. The van der Waals surface area contributed by atoms with Crippen molar-refractivity contribution in [2.75, 3.05) is 26.7 Å². The van der Waals surface area contributed by atoms with Gasteiger partial charge in [0, 0.05) is 37.8 Å². The highest BCUT2D eigenvalue weighted by Gasteiger charge is 2.29. The van der Waals surface area contributed by atoms with Crippen molar-refractivity contribution in [3.63, 3.8) is 0 Å². The number of piperazine rings is 1. The number of nitrogens with one attached hydrogen (secondary N) is 2. The molecule has 0 aromatic heterocycles. The highest BCUT2D eigenvalue weighted by atomic mass is 19.1. The lowest BCUT2D eigenvalue weighted by atomic mass is 10.0. The Morgan fingerprint density at radius 2 is 1.92 bits per heavy atom. The van der Waals surface area contributed by atoms with Gasteiger partial charge in [-0.2, -0.15) is 0 Å². The molecule has 1 unspecified atom stereocenters. The van der Waals surface area contributed by atoms with Crippen LogP contribution in [-0.2, 0) is 0 Å². The number of hydrogen-bond acceptors (Lipinski definition) is 3. The fourth-order valence-corrected chi connectivity index (χ4v) is 3.06. The van der Waals surface area contributed by atoms with Gasteiger partial charge in [0.25, 0.3) is 11.8 Å². The van der Waals surface area contributed by atoms with Gasteiger partial charge in [-0.05, 0) is 35.9 Å². The van der Waals surface area contributed by atoms with Gasteiger partial charge in [0.15, 0.2) is 0 Å². The lowest BCUT2D eigenvalue weighted by Crippen LogP contribution is -2.48. The van der Waals surface area contributed by atoms with Crippen LogP contribution in [0.5, 0.6) is 0 Å². The molecule has 1 saturated heterocycles. The molecular formula is C19H20FN3O2. The van der Waals surface area contributed by atoms with Crippen LogP contribution >= 0.6 is 0 Å². The summed E-state index contributed by atoms with van der Waals surface area (Å²) in [7, 11) is 1.55. The molecule has 1 fully saturated rings. The van der Waals surface area contributed by atoms with E-state index in [0.717, 1.165) is 5.56 Å². The molecule has 0 saturated carbocycles. The summed E-state index contributed by atoms with van der Waals surface area (Å²) < 4.78 is 13.6. The van der Waals surface area contributed by atoms with Gasteiger partial charge in [0.1, 0.15) is 5.82 Å². The fourth-order valence-electron chi connectivity index (χ4n) is 3.06. The summed E-state index contributed by atoms with van der Waals surface area (Å²) in [5.41, 5.74) is 1.64. The van der Waals surface area contributed by atoms with Crippen molar-refractivity contribution in [3.05, 3.63) is 71.0 Å². The minimum Gasteiger partial charge on any atom is -0.355 e. The summed E-state index contributed by atoms with van der Waals surface area (Å²) in [6.07, 6.45) is 0. The molecule has 1 atom stereocenters. The van der Waals surface area contributed by atoms with Crippen LogP contribution in [0.2, 0.25) is 0 Å². The predicted molar refractivity (Wildman–Crippen MR) is 92.9 cm³/mol. The second kappa shape index (κ2) is 7.44. The Bertz CT molecular complexity index is 794. The lowest BCUT2D eigenvalue weighted by Gasteiger charge is -2.36. The van der Waals surface area contributed by atoms with Gasteiger partial charge in [0.05, 0.1) is 6.04 Å². The minimum absolute atomic E-state index is 0.165. The summed E-state index contributed by atoms with van der Waals surface area (Å²) >= 11 is 0. The van der Waals surface area contributed by atoms with Crippen LogP contribution in [0.15, 0.2) is 48.5 Å². The molecule has 6 heteroatoms. The maximum atomic E-state index is 13.6. The van der Waals surface area contributed by atoms with Crippen molar-refractivity contribution in [1.29, 1.82) is 0 Å². The van der Waals surface area contributed by atoms with Gasteiger partial charge in [-0.1, -0.05) is 18.2 Å². The first-order valence-electron chi connectivity index (χ1n) is 8.19. The van der Waals surface area contributed by atoms with Gasteiger partial charge < -0.3 is 15.5 Å². The third-order valence-corrected chi connectivity index (χ3v) is 4.34. The van der Waals surface area contributed by atoms with Crippen LogP contribution in [0.1, 0.15) is 32.3 Å². The first-order chi connectivity index (χ1) is 12.1. The number of rotatable bonds is 3. The van der Waals surface area contributed by atoms with Crippen molar-refractivity contribution < 1.29 is 14.0 Å². The van der Waals surface area contributed by atoms with E-state index in [9.17, 15) is 14.0 Å². The molecule has 1 aliphatic heterocycles. The number of carbonyl (C=O) groups is 2. The Hall–Kier alpha value is -2.73. The minimum atomic E-state index is -0.322. The van der Waals surface area contributed by atoms with E-state index in [4.69, 9.17) is 0 Å². The summed E-state index contributed by atoms with van der Waals surface area (Å²) in [5.74, 6) is -0.727. The molecule has 2 aromatic rings. The number of benzene rings is 2. The number of amides is 2. The first-order valence-corrected chi connectivity index (χ1v) is 8.19. The topological polar surface area (TPSA) is 61.4 Å². The average molecular weight is 341 g/mol. The van der Waals surface area contributed by atoms with Crippen LogP contribution in [0.4, 0.5) is 4.39 Å². The zero-order chi connectivity index (χ0) is 17.8. The van der Waals surface area contributed by atoms with E-state index < -0.39 is 0 Å². The Kier molecular flexibility index (Phi) is 5.09. The Morgan fingerprint density at radius 1 is 1.16 bits per heavy atom. The molecule has 1 heterocycles. The van der Waals surface area contributed by atoms with E-state index >= 15 is 0 Å². The predicted octanol–water partition coefficient (Wildman–Crippen LogP) is 1.97. The Balaban J connectivity index is 1.90. The van der Waals surface area contributed by atoms with E-state index in [1.165, 1.54) is 12.1 Å². The number of hydrogen-bond donors (Lipinski definition) is 2. The fraction of sp³-hybridized carbons (Fsp3) is 0.263.